The van der Waals surface area contributed by atoms with E-state index in [0.29, 0.717) is 0 Å². The van der Waals surface area contributed by atoms with E-state index < -0.39 is 11.9 Å². The van der Waals surface area contributed by atoms with Crippen LogP contribution in [0.5, 0.6) is 0 Å². The number of carbonyl (C=O) groups excluding carboxylic acids is 2. The first-order valence-corrected chi connectivity index (χ1v) is 9.61. The molecule has 0 fully saturated rings. The van der Waals surface area contributed by atoms with E-state index in [-0.39, 0.29) is 18.8 Å². The summed E-state index contributed by atoms with van der Waals surface area (Å²) in [4.78, 5) is 24.4. The first kappa shape index (κ1) is 18.7. The summed E-state index contributed by atoms with van der Waals surface area (Å²) in [6, 6.07) is 18.6. The van der Waals surface area contributed by atoms with Gasteiger partial charge < -0.3 is 14.8 Å². The van der Waals surface area contributed by atoms with Crippen molar-refractivity contribution in [2.75, 3.05) is 18.5 Å². The van der Waals surface area contributed by atoms with Gasteiger partial charge in [0.05, 0.1) is 13.2 Å². The minimum absolute atomic E-state index is 0.167. The number of rotatable bonds is 6. The molecule has 4 aromatic carbocycles. The molecule has 146 valence electrons. The van der Waals surface area contributed by atoms with Gasteiger partial charge in [-0.1, -0.05) is 48.5 Å². The summed E-state index contributed by atoms with van der Waals surface area (Å²) in [6.07, 6.45) is 1.36. The smallest absolute Gasteiger partial charge is 0.347 e. The van der Waals surface area contributed by atoms with Crippen molar-refractivity contribution in [2.24, 2.45) is 0 Å². The standard InChI is InChI=1S/C24H21NO4/c1-3-28-23(26)19(24(27)29-4-2)14-25-20-13-11-17-9-8-15-6-5-7-16-10-12-18(20)22(17)21(15)16/h5-14,25H,3-4H2,1-2H3. The van der Waals surface area contributed by atoms with Crippen LogP contribution < -0.4 is 5.32 Å². The van der Waals surface area contributed by atoms with Gasteiger partial charge in [0, 0.05) is 17.3 Å². The molecule has 0 saturated carbocycles. The van der Waals surface area contributed by atoms with Crippen LogP contribution in [0.15, 0.2) is 66.4 Å². The van der Waals surface area contributed by atoms with Crippen LogP contribution in [0.25, 0.3) is 32.3 Å². The van der Waals surface area contributed by atoms with Gasteiger partial charge in [-0.2, -0.15) is 0 Å². The molecule has 0 aliphatic rings. The van der Waals surface area contributed by atoms with E-state index in [4.69, 9.17) is 9.47 Å². The summed E-state index contributed by atoms with van der Waals surface area (Å²) in [6.45, 7) is 3.73. The number of benzene rings is 4. The van der Waals surface area contributed by atoms with Crippen LogP contribution >= 0.6 is 0 Å². The van der Waals surface area contributed by atoms with Crippen molar-refractivity contribution in [3.63, 3.8) is 0 Å². The molecular weight excluding hydrogens is 366 g/mol. The van der Waals surface area contributed by atoms with Gasteiger partial charge in [-0.3, -0.25) is 0 Å². The summed E-state index contributed by atoms with van der Waals surface area (Å²) in [5.74, 6) is -1.42. The summed E-state index contributed by atoms with van der Waals surface area (Å²) >= 11 is 0. The molecule has 0 amide bonds. The lowest BCUT2D eigenvalue weighted by molar-refractivity contribution is -0.146. The zero-order valence-corrected chi connectivity index (χ0v) is 16.3. The van der Waals surface area contributed by atoms with Crippen LogP contribution in [0.1, 0.15) is 13.8 Å². The lowest BCUT2D eigenvalue weighted by Gasteiger charge is -2.14. The molecule has 0 aromatic heterocycles. The van der Waals surface area contributed by atoms with Gasteiger partial charge in [-0.05, 0) is 46.8 Å². The number of hydrogen-bond donors (Lipinski definition) is 1. The van der Waals surface area contributed by atoms with Gasteiger partial charge in [0.15, 0.2) is 5.57 Å². The molecule has 0 unspecified atom stereocenters. The highest BCUT2D eigenvalue weighted by molar-refractivity contribution is 6.25. The van der Waals surface area contributed by atoms with E-state index >= 15 is 0 Å². The Morgan fingerprint density at radius 2 is 1.34 bits per heavy atom. The van der Waals surface area contributed by atoms with Gasteiger partial charge in [0.1, 0.15) is 0 Å². The molecule has 29 heavy (non-hydrogen) atoms. The normalized spacial score (nSPS) is 11.0. The first-order valence-electron chi connectivity index (χ1n) is 9.61. The Kier molecular flexibility index (Phi) is 5.04. The second-order valence-corrected chi connectivity index (χ2v) is 6.61. The summed E-state index contributed by atoms with van der Waals surface area (Å²) in [5.41, 5.74) is 0.626. The Bertz CT molecular complexity index is 1210. The van der Waals surface area contributed by atoms with Crippen molar-refractivity contribution in [2.45, 2.75) is 13.8 Å². The molecule has 0 heterocycles. The second kappa shape index (κ2) is 7.80. The summed E-state index contributed by atoms with van der Waals surface area (Å²) < 4.78 is 9.98. The number of ether oxygens (including phenoxy) is 2. The minimum Gasteiger partial charge on any atom is -0.462 e. The van der Waals surface area contributed by atoms with E-state index in [1.165, 1.54) is 22.4 Å². The predicted molar refractivity (Wildman–Crippen MR) is 115 cm³/mol. The number of hydrogen-bond acceptors (Lipinski definition) is 5. The zero-order chi connectivity index (χ0) is 20.4. The molecule has 4 aromatic rings. The lowest BCUT2D eigenvalue weighted by Crippen LogP contribution is -2.19. The number of anilines is 1. The molecule has 1 N–H and O–H groups in total. The molecule has 0 saturated heterocycles. The van der Waals surface area contributed by atoms with Crippen LogP contribution in [0, 0.1) is 0 Å². The monoisotopic (exact) mass is 387 g/mol. The van der Waals surface area contributed by atoms with Crippen LogP contribution in [0.3, 0.4) is 0 Å². The third-order valence-electron chi connectivity index (χ3n) is 4.89. The average Bonchev–Trinajstić information content (AvgIpc) is 2.73. The van der Waals surface area contributed by atoms with Crippen molar-refractivity contribution in [1.29, 1.82) is 0 Å². The third-order valence-corrected chi connectivity index (χ3v) is 4.89. The highest BCUT2D eigenvalue weighted by Gasteiger charge is 2.21. The fraction of sp³-hybridized carbons (Fsp3) is 0.167. The molecule has 0 spiro atoms. The largest absolute Gasteiger partial charge is 0.462 e. The van der Waals surface area contributed by atoms with Crippen molar-refractivity contribution in [3.8, 4) is 0 Å². The van der Waals surface area contributed by atoms with Gasteiger partial charge in [0.2, 0.25) is 0 Å². The fourth-order valence-corrected chi connectivity index (χ4v) is 3.63. The first-order chi connectivity index (χ1) is 14.1. The highest BCUT2D eigenvalue weighted by Crippen LogP contribution is 2.37. The molecule has 0 bridgehead atoms. The van der Waals surface area contributed by atoms with Crippen molar-refractivity contribution < 1.29 is 19.1 Å². The van der Waals surface area contributed by atoms with Crippen molar-refractivity contribution >= 4 is 49.9 Å². The van der Waals surface area contributed by atoms with Crippen LogP contribution in [-0.4, -0.2) is 25.2 Å². The van der Waals surface area contributed by atoms with Gasteiger partial charge in [-0.25, -0.2) is 9.59 Å². The number of carbonyl (C=O) groups is 2. The molecule has 0 atom stereocenters. The van der Waals surface area contributed by atoms with Crippen LogP contribution in [0.2, 0.25) is 0 Å². The van der Waals surface area contributed by atoms with Crippen LogP contribution in [0.4, 0.5) is 5.69 Å². The fourth-order valence-electron chi connectivity index (χ4n) is 3.63. The molecule has 5 heteroatoms. The number of esters is 2. The highest BCUT2D eigenvalue weighted by atomic mass is 16.6. The Morgan fingerprint density at radius 3 is 1.97 bits per heavy atom. The Labute approximate surface area is 168 Å². The quantitative estimate of drug-likeness (QED) is 0.166. The topological polar surface area (TPSA) is 64.6 Å². The zero-order valence-electron chi connectivity index (χ0n) is 16.3. The van der Waals surface area contributed by atoms with E-state index in [9.17, 15) is 9.59 Å². The Morgan fingerprint density at radius 1 is 0.793 bits per heavy atom. The predicted octanol–water partition coefficient (Wildman–Crippen LogP) is 5.01. The molecule has 0 aliphatic heterocycles. The van der Waals surface area contributed by atoms with E-state index in [1.807, 2.05) is 12.1 Å². The molecular formula is C24H21NO4. The third kappa shape index (κ3) is 3.36. The Balaban J connectivity index is 1.81. The van der Waals surface area contributed by atoms with Crippen LogP contribution in [-0.2, 0) is 19.1 Å². The maximum absolute atomic E-state index is 12.2. The SMILES string of the molecule is CCOC(=O)C(=CNc1ccc2ccc3cccc4ccc1c2c34)C(=O)OCC. The van der Waals surface area contributed by atoms with E-state index in [2.05, 4.69) is 47.8 Å². The van der Waals surface area contributed by atoms with Crippen molar-refractivity contribution in [1.82, 2.24) is 0 Å². The molecule has 0 radical (unpaired) electrons. The van der Waals surface area contributed by atoms with Crippen molar-refractivity contribution in [3.05, 3.63) is 66.4 Å². The minimum atomic E-state index is -0.712. The van der Waals surface area contributed by atoms with E-state index in [0.717, 1.165) is 21.8 Å². The maximum Gasteiger partial charge on any atom is 0.347 e. The number of nitrogens with one attached hydrogen (secondary N) is 1. The van der Waals surface area contributed by atoms with Gasteiger partial charge in [-0.15, -0.1) is 0 Å². The maximum atomic E-state index is 12.2. The second-order valence-electron chi connectivity index (χ2n) is 6.61. The van der Waals surface area contributed by atoms with E-state index in [1.54, 1.807) is 13.8 Å². The Hall–Kier alpha value is -3.60. The summed E-state index contributed by atoms with van der Waals surface area (Å²) in [5, 5.41) is 9.95. The molecule has 4 rings (SSSR count). The van der Waals surface area contributed by atoms with Gasteiger partial charge >= 0.3 is 11.9 Å². The van der Waals surface area contributed by atoms with Gasteiger partial charge in [0.25, 0.3) is 0 Å². The molecule has 5 nitrogen and oxygen atoms in total. The average molecular weight is 387 g/mol. The molecule has 0 aliphatic carbocycles. The summed E-state index contributed by atoms with van der Waals surface area (Å²) in [7, 11) is 0. The lowest BCUT2D eigenvalue weighted by atomic mass is 9.93.